The smallest absolute Gasteiger partial charge is 0.259 e. The van der Waals surface area contributed by atoms with Crippen LogP contribution in [0.1, 0.15) is 15.9 Å². The molecule has 0 aromatic heterocycles. The van der Waals surface area contributed by atoms with Gasteiger partial charge in [-0.15, -0.1) is 0 Å². The first kappa shape index (κ1) is 17.8. The van der Waals surface area contributed by atoms with E-state index in [1.807, 2.05) is 36.4 Å². The van der Waals surface area contributed by atoms with Crippen molar-refractivity contribution in [1.82, 2.24) is 4.90 Å². The van der Waals surface area contributed by atoms with Gasteiger partial charge in [0, 0.05) is 32.4 Å². The zero-order valence-corrected chi connectivity index (χ0v) is 16.4. The van der Waals surface area contributed by atoms with Crippen molar-refractivity contribution in [2.45, 2.75) is 5.75 Å². The number of benzene rings is 2. The summed E-state index contributed by atoms with van der Waals surface area (Å²) in [6.07, 6.45) is 0. The van der Waals surface area contributed by atoms with Gasteiger partial charge in [0.05, 0.1) is 6.54 Å². The van der Waals surface area contributed by atoms with Gasteiger partial charge in [-0.25, -0.2) is 0 Å². The van der Waals surface area contributed by atoms with Gasteiger partial charge in [0.1, 0.15) is 0 Å². The molecule has 24 heavy (non-hydrogen) atoms. The van der Waals surface area contributed by atoms with Crippen LogP contribution in [0.4, 0.5) is 0 Å². The van der Waals surface area contributed by atoms with E-state index in [-0.39, 0.29) is 5.91 Å². The molecule has 0 aliphatic carbocycles. The molecule has 0 bridgehead atoms. The predicted molar refractivity (Wildman–Crippen MR) is 105 cm³/mol. The molecule has 1 aliphatic heterocycles. The molecule has 0 saturated carbocycles. The fourth-order valence-corrected chi connectivity index (χ4v) is 4.30. The van der Waals surface area contributed by atoms with Crippen molar-refractivity contribution in [3.8, 4) is 0 Å². The van der Waals surface area contributed by atoms with Crippen LogP contribution in [0, 0.1) is 0 Å². The molecule has 0 fully saturated rings. The topological polar surface area (TPSA) is 32.7 Å². The van der Waals surface area contributed by atoms with Crippen LogP contribution in [0.5, 0.6) is 0 Å². The Labute approximate surface area is 163 Å². The Kier molecular flexibility index (Phi) is 5.87. The van der Waals surface area contributed by atoms with Crippen LogP contribution in [-0.2, 0) is 5.75 Å². The van der Waals surface area contributed by atoms with Gasteiger partial charge in [-0.3, -0.25) is 14.7 Å². The SMILES string of the molecule is O=C(c1cccc(Br)c1)N1CCN=C1SCc1ccc(Cl)cc1Cl. The second-order valence-electron chi connectivity index (χ2n) is 5.16. The number of halogens is 3. The first-order valence-electron chi connectivity index (χ1n) is 7.23. The molecular formula is C17H13BrCl2N2OS. The zero-order chi connectivity index (χ0) is 17.1. The highest BCUT2D eigenvalue weighted by atomic mass is 79.9. The van der Waals surface area contributed by atoms with E-state index in [0.717, 1.165) is 15.2 Å². The van der Waals surface area contributed by atoms with Gasteiger partial charge in [0.15, 0.2) is 5.17 Å². The Morgan fingerprint density at radius 3 is 2.83 bits per heavy atom. The molecule has 124 valence electrons. The second-order valence-corrected chi connectivity index (χ2v) is 7.86. The van der Waals surface area contributed by atoms with Crippen LogP contribution in [0.2, 0.25) is 10.0 Å². The molecule has 0 radical (unpaired) electrons. The zero-order valence-electron chi connectivity index (χ0n) is 12.5. The number of amidine groups is 1. The molecule has 1 heterocycles. The standard InChI is InChI=1S/C17H13BrCl2N2OS/c18-13-3-1-2-11(8-13)16(23)22-7-6-21-17(22)24-10-12-4-5-14(19)9-15(12)20/h1-5,8-9H,6-7,10H2. The summed E-state index contributed by atoms with van der Waals surface area (Å²) in [4.78, 5) is 18.9. The number of hydrogen-bond donors (Lipinski definition) is 0. The van der Waals surface area contributed by atoms with Crippen molar-refractivity contribution in [3.05, 3.63) is 68.1 Å². The third-order valence-electron chi connectivity index (χ3n) is 3.49. The first-order valence-corrected chi connectivity index (χ1v) is 9.76. The Bertz CT molecular complexity index is 813. The number of nitrogens with zero attached hydrogens (tertiary/aromatic N) is 2. The van der Waals surface area contributed by atoms with Crippen LogP contribution in [-0.4, -0.2) is 29.1 Å². The molecule has 1 aliphatic rings. The lowest BCUT2D eigenvalue weighted by Crippen LogP contribution is -2.32. The van der Waals surface area contributed by atoms with Gasteiger partial charge < -0.3 is 0 Å². The quantitative estimate of drug-likeness (QED) is 0.627. The van der Waals surface area contributed by atoms with Crippen LogP contribution in [0.25, 0.3) is 0 Å². The van der Waals surface area contributed by atoms with E-state index >= 15 is 0 Å². The van der Waals surface area contributed by atoms with E-state index in [9.17, 15) is 4.79 Å². The molecule has 0 spiro atoms. The van der Waals surface area contributed by atoms with E-state index in [0.29, 0.717) is 34.5 Å². The summed E-state index contributed by atoms with van der Waals surface area (Å²) < 4.78 is 0.881. The van der Waals surface area contributed by atoms with Crippen molar-refractivity contribution >= 4 is 62.0 Å². The molecule has 0 unspecified atom stereocenters. The van der Waals surface area contributed by atoms with Crippen LogP contribution >= 0.6 is 50.9 Å². The lowest BCUT2D eigenvalue weighted by atomic mass is 10.2. The van der Waals surface area contributed by atoms with E-state index in [1.54, 1.807) is 11.0 Å². The summed E-state index contributed by atoms with van der Waals surface area (Å²) >= 11 is 17.0. The molecule has 3 nitrogen and oxygen atoms in total. The van der Waals surface area contributed by atoms with E-state index in [2.05, 4.69) is 20.9 Å². The van der Waals surface area contributed by atoms with E-state index in [1.165, 1.54) is 11.8 Å². The number of aliphatic imine (C=N–C) groups is 1. The number of amides is 1. The molecule has 3 rings (SSSR count). The highest BCUT2D eigenvalue weighted by Crippen LogP contribution is 2.27. The third-order valence-corrected chi connectivity index (χ3v) is 5.63. The molecule has 7 heteroatoms. The first-order chi connectivity index (χ1) is 11.5. The minimum Gasteiger partial charge on any atom is -0.286 e. The van der Waals surface area contributed by atoms with Gasteiger partial charge in [0.25, 0.3) is 5.91 Å². The van der Waals surface area contributed by atoms with E-state index < -0.39 is 0 Å². The molecule has 0 atom stereocenters. The minimum absolute atomic E-state index is 0.0396. The summed E-state index contributed by atoms with van der Waals surface area (Å²) in [5, 5.41) is 1.96. The minimum atomic E-state index is -0.0396. The molecule has 2 aromatic carbocycles. The van der Waals surface area contributed by atoms with Crippen LogP contribution in [0.3, 0.4) is 0 Å². The fraction of sp³-hybridized carbons (Fsp3) is 0.176. The van der Waals surface area contributed by atoms with Crippen molar-refractivity contribution in [3.63, 3.8) is 0 Å². The average molecular weight is 444 g/mol. The number of rotatable bonds is 3. The maximum Gasteiger partial charge on any atom is 0.259 e. The number of hydrogen-bond acceptors (Lipinski definition) is 3. The van der Waals surface area contributed by atoms with Crippen LogP contribution in [0.15, 0.2) is 51.9 Å². The monoisotopic (exact) mass is 442 g/mol. The third kappa shape index (κ3) is 4.14. The summed E-state index contributed by atoms with van der Waals surface area (Å²) in [7, 11) is 0. The highest BCUT2D eigenvalue weighted by molar-refractivity contribution is 9.10. The molecule has 0 saturated heterocycles. The lowest BCUT2D eigenvalue weighted by molar-refractivity contribution is 0.0860. The normalized spacial score (nSPS) is 14.0. The lowest BCUT2D eigenvalue weighted by Gasteiger charge is -2.18. The van der Waals surface area contributed by atoms with Gasteiger partial charge >= 0.3 is 0 Å². The summed E-state index contributed by atoms with van der Waals surface area (Å²) in [6, 6.07) is 12.8. The number of carbonyl (C=O) groups is 1. The van der Waals surface area contributed by atoms with Gasteiger partial charge in [-0.05, 0) is 35.9 Å². The van der Waals surface area contributed by atoms with Gasteiger partial charge in [-0.2, -0.15) is 0 Å². The molecule has 1 amide bonds. The maximum absolute atomic E-state index is 12.7. The Morgan fingerprint density at radius 1 is 1.25 bits per heavy atom. The highest BCUT2D eigenvalue weighted by Gasteiger charge is 2.25. The van der Waals surface area contributed by atoms with Crippen molar-refractivity contribution < 1.29 is 4.79 Å². The van der Waals surface area contributed by atoms with Gasteiger partial charge in [-0.1, -0.05) is 63.0 Å². The molecule has 2 aromatic rings. The van der Waals surface area contributed by atoms with Crippen molar-refractivity contribution in [2.75, 3.05) is 13.1 Å². The van der Waals surface area contributed by atoms with Crippen molar-refractivity contribution in [2.24, 2.45) is 4.99 Å². The fourth-order valence-electron chi connectivity index (χ4n) is 2.30. The predicted octanol–water partition coefficient (Wildman–Crippen LogP) is 5.50. The largest absolute Gasteiger partial charge is 0.286 e. The Morgan fingerprint density at radius 2 is 2.08 bits per heavy atom. The maximum atomic E-state index is 12.7. The van der Waals surface area contributed by atoms with E-state index in [4.69, 9.17) is 23.2 Å². The van der Waals surface area contributed by atoms with Crippen LogP contribution < -0.4 is 0 Å². The average Bonchev–Trinajstić information content (AvgIpc) is 3.02. The number of thioether (sulfide) groups is 1. The Hall–Kier alpha value is -1.01. The molecule has 0 N–H and O–H groups in total. The summed E-state index contributed by atoms with van der Waals surface area (Å²) in [5.74, 6) is 0.596. The van der Waals surface area contributed by atoms with Gasteiger partial charge in [0.2, 0.25) is 0 Å². The Balaban J connectivity index is 1.70. The molecular weight excluding hydrogens is 431 g/mol. The summed E-state index contributed by atoms with van der Waals surface area (Å²) in [6.45, 7) is 1.22. The number of carbonyl (C=O) groups excluding carboxylic acids is 1. The van der Waals surface area contributed by atoms with Crippen molar-refractivity contribution in [1.29, 1.82) is 0 Å². The second kappa shape index (κ2) is 7.91. The summed E-state index contributed by atoms with van der Waals surface area (Å²) in [5.41, 5.74) is 1.61.